The zero-order valence-corrected chi connectivity index (χ0v) is 11.3. The van der Waals surface area contributed by atoms with Crippen molar-refractivity contribution in [3.63, 3.8) is 0 Å². The van der Waals surface area contributed by atoms with Crippen LogP contribution in [0.15, 0.2) is 18.2 Å². The Morgan fingerprint density at radius 2 is 2.25 bits per heavy atom. The molecule has 5 heteroatoms. The van der Waals surface area contributed by atoms with Crippen molar-refractivity contribution in [2.75, 3.05) is 13.2 Å². The molecule has 108 valence electrons. The predicted molar refractivity (Wildman–Crippen MR) is 73.0 cm³/mol. The smallest absolute Gasteiger partial charge is 0.237 e. The van der Waals surface area contributed by atoms with E-state index in [4.69, 9.17) is 4.74 Å². The van der Waals surface area contributed by atoms with E-state index < -0.39 is 0 Å². The summed E-state index contributed by atoms with van der Waals surface area (Å²) in [4.78, 5) is 12.2. The van der Waals surface area contributed by atoms with Crippen LogP contribution in [0.3, 0.4) is 0 Å². The molecule has 2 N–H and O–H groups in total. The number of halogens is 1. The zero-order valence-electron chi connectivity index (χ0n) is 11.3. The van der Waals surface area contributed by atoms with E-state index in [1.165, 1.54) is 6.07 Å². The molecule has 0 radical (unpaired) electrons. The quantitative estimate of drug-likeness (QED) is 0.869. The van der Waals surface area contributed by atoms with Gasteiger partial charge in [0.1, 0.15) is 0 Å². The minimum Gasteiger partial charge on any atom is -0.490 e. The van der Waals surface area contributed by atoms with Crippen LogP contribution in [0, 0.1) is 5.82 Å². The topological polar surface area (TPSA) is 50.4 Å². The normalized spacial score (nSPS) is 25.4. The molecular formula is C15H19FN2O2. The van der Waals surface area contributed by atoms with Crippen molar-refractivity contribution in [1.29, 1.82) is 0 Å². The van der Waals surface area contributed by atoms with Gasteiger partial charge in [0.15, 0.2) is 11.6 Å². The highest BCUT2D eigenvalue weighted by Gasteiger charge is 2.28. The average Bonchev–Trinajstić information content (AvgIpc) is 2.90. The number of nitrogens with one attached hydrogen (secondary N) is 2. The van der Waals surface area contributed by atoms with Crippen molar-refractivity contribution in [3.05, 3.63) is 29.6 Å². The molecule has 0 aliphatic carbocycles. The maximum atomic E-state index is 13.8. The van der Waals surface area contributed by atoms with Gasteiger partial charge in [-0.3, -0.25) is 4.79 Å². The molecule has 0 spiro atoms. The van der Waals surface area contributed by atoms with Crippen LogP contribution in [-0.4, -0.2) is 25.1 Å². The Hall–Kier alpha value is -1.62. The van der Waals surface area contributed by atoms with Crippen LogP contribution in [0.5, 0.6) is 5.75 Å². The van der Waals surface area contributed by atoms with Crippen molar-refractivity contribution < 1.29 is 13.9 Å². The first kappa shape index (κ1) is 13.4. The van der Waals surface area contributed by atoms with Gasteiger partial charge in [-0.05, 0) is 38.3 Å². The molecule has 1 saturated heterocycles. The summed E-state index contributed by atoms with van der Waals surface area (Å²) < 4.78 is 19.3. The fourth-order valence-electron chi connectivity index (χ4n) is 2.90. The molecule has 20 heavy (non-hydrogen) atoms. The van der Waals surface area contributed by atoms with Crippen LogP contribution >= 0.6 is 0 Å². The van der Waals surface area contributed by atoms with Crippen molar-refractivity contribution >= 4 is 5.91 Å². The van der Waals surface area contributed by atoms with E-state index in [9.17, 15) is 9.18 Å². The maximum Gasteiger partial charge on any atom is 0.237 e. The number of hydrogen-bond acceptors (Lipinski definition) is 3. The Bertz CT molecular complexity index is 501. The van der Waals surface area contributed by atoms with Crippen LogP contribution in [0.1, 0.15) is 37.3 Å². The van der Waals surface area contributed by atoms with Gasteiger partial charge in [0, 0.05) is 5.56 Å². The predicted octanol–water partition coefficient (Wildman–Crippen LogP) is 1.91. The van der Waals surface area contributed by atoms with E-state index in [0.29, 0.717) is 6.61 Å². The van der Waals surface area contributed by atoms with E-state index in [2.05, 4.69) is 10.6 Å². The van der Waals surface area contributed by atoms with Crippen LogP contribution in [0.2, 0.25) is 0 Å². The first-order valence-electron chi connectivity index (χ1n) is 7.20. The van der Waals surface area contributed by atoms with Crippen LogP contribution < -0.4 is 15.4 Å². The van der Waals surface area contributed by atoms with E-state index in [1.54, 1.807) is 6.07 Å². The lowest BCUT2D eigenvalue weighted by molar-refractivity contribution is -0.123. The number of amides is 1. The van der Waals surface area contributed by atoms with Crippen LogP contribution in [0.25, 0.3) is 0 Å². The minimum atomic E-state index is -0.359. The molecule has 0 bridgehead atoms. The van der Waals surface area contributed by atoms with Gasteiger partial charge in [-0.15, -0.1) is 0 Å². The Kier molecular flexibility index (Phi) is 3.87. The van der Waals surface area contributed by atoms with Crippen LogP contribution in [0.4, 0.5) is 4.39 Å². The third-order valence-electron chi connectivity index (χ3n) is 3.95. The third-order valence-corrected chi connectivity index (χ3v) is 3.95. The van der Waals surface area contributed by atoms with Gasteiger partial charge >= 0.3 is 0 Å². The number of carbonyl (C=O) groups excluding carboxylic acids is 1. The molecule has 0 aromatic heterocycles. The summed E-state index contributed by atoms with van der Waals surface area (Å²) in [6.45, 7) is 1.37. The number of hydrogen-bond donors (Lipinski definition) is 2. The maximum absolute atomic E-state index is 13.8. The SMILES string of the molecule is O=C(N[C@@H]1CCCOc2c(F)cccc21)[C@H]1CCCN1. The van der Waals surface area contributed by atoms with E-state index in [1.807, 2.05) is 6.07 Å². The Morgan fingerprint density at radius 3 is 3.05 bits per heavy atom. The lowest BCUT2D eigenvalue weighted by Crippen LogP contribution is -2.42. The first-order chi connectivity index (χ1) is 9.75. The van der Waals surface area contributed by atoms with E-state index in [0.717, 1.165) is 37.8 Å². The largest absolute Gasteiger partial charge is 0.490 e. The average molecular weight is 278 g/mol. The highest BCUT2D eigenvalue weighted by atomic mass is 19.1. The molecule has 2 aliphatic rings. The monoisotopic (exact) mass is 278 g/mol. The van der Waals surface area contributed by atoms with Gasteiger partial charge in [0.25, 0.3) is 0 Å². The molecule has 2 atom stereocenters. The molecule has 4 nitrogen and oxygen atoms in total. The number of carbonyl (C=O) groups is 1. The second kappa shape index (κ2) is 5.79. The van der Waals surface area contributed by atoms with E-state index >= 15 is 0 Å². The highest BCUT2D eigenvalue weighted by molar-refractivity contribution is 5.82. The molecular weight excluding hydrogens is 259 g/mol. The summed E-state index contributed by atoms with van der Waals surface area (Å²) >= 11 is 0. The number of para-hydroxylation sites is 1. The second-order valence-corrected chi connectivity index (χ2v) is 5.36. The van der Waals surface area contributed by atoms with Crippen molar-refractivity contribution in [2.45, 2.75) is 37.8 Å². The summed E-state index contributed by atoms with van der Waals surface area (Å²) in [5.74, 6) is -0.0677. The first-order valence-corrected chi connectivity index (χ1v) is 7.20. The number of benzene rings is 1. The standard InChI is InChI=1S/C15H19FN2O2/c16-11-5-1-4-10-12(7-3-9-20-14(10)11)18-15(19)13-6-2-8-17-13/h1,4-5,12-13,17H,2-3,6-9H2,(H,18,19)/t12-,13-/m1/s1. The zero-order chi connectivity index (χ0) is 13.9. The summed E-state index contributed by atoms with van der Waals surface area (Å²) in [7, 11) is 0. The summed E-state index contributed by atoms with van der Waals surface area (Å²) in [6, 6.07) is 4.60. The molecule has 1 fully saturated rings. The van der Waals surface area contributed by atoms with Crippen molar-refractivity contribution in [2.24, 2.45) is 0 Å². The second-order valence-electron chi connectivity index (χ2n) is 5.36. The molecule has 0 saturated carbocycles. The minimum absolute atomic E-state index is 0.00427. The van der Waals surface area contributed by atoms with Crippen LogP contribution in [-0.2, 0) is 4.79 Å². The molecule has 2 aliphatic heterocycles. The fourth-order valence-corrected chi connectivity index (χ4v) is 2.90. The lowest BCUT2D eigenvalue weighted by atomic mass is 10.0. The molecule has 1 aromatic carbocycles. The summed E-state index contributed by atoms with van der Waals surface area (Å²) in [6.07, 6.45) is 3.47. The molecule has 3 rings (SSSR count). The Balaban J connectivity index is 1.79. The molecule has 2 heterocycles. The van der Waals surface area contributed by atoms with Gasteiger partial charge in [-0.25, -0.2) is 4.39 Å². The fraction of sp³-hybridized carbons (Fsp3) is 0.533. The van der Waals surface area contributed by atoms with Gasteiger partial charge < -0.3 is 15.4 Å². The number of ether oxygens (including phenoxy) is 1. The van der Waals surface area contributed by atoms with Crippen molar-refractivity contribution in [1.82, 2.24) is 10.6 Å². The van der Waals surface area contributed by atoms with Crippen molar-refractivity contribution in [3.8, 4) is 5.75 Å². The summed E-state index contributed by atoms with van der Waals surface area (Å²) in [5, 5.41) is 6.22. The number of fused-ring (bicyclic) bond motifs is 1. The molecule has 1 aromatic rings. The Labute approximate surface area is 117 Å². The van der Waals surface area contributed by atoms with Gasteiger partial charge in [0.05, 0.1) is 18.7 Å². The number of rotatable bonds is 2. The van der Waals surface area contributed by atoms with Gasteiger partial charge in [0.2, 0.25) is 5.91 Å². The third kappa shape index (κ3) is 2.63. The summed E-state index contributed by atoms with van der Waals surface area (Å²) in [5.41, 5.74) is 0.744. The Morgan fingerprint density at radius 1 is 1.35 bits per heavy atom. The van der Waals surface area contributed by atoms with Gasteiger partial charge in [-0.2, -0.15) is 0 Å². The lowest BCUT2D eigenvalue weighted by Gasteiger charge is -2.20. The van der Waals surface area contributed by atoms with Gasteiger partial charge in [-0.1, -0.05) is 12.1 Å². The molecule has 1 amide bonds. The molecule has 0 unspecified atom stereocenters. The van der Waals surface area contributed by atoms with E-state index in [-0.39, 0.29) is 29.6 Å². The highest BCUT2D eigenvalue weighted by Crippen LogP contribution is 2.33.